The Morgan fingerprint density at radius 3 is 2.35 bits per heavy atom. The second kappa shape index (κ2) is 6.87. The zero-order valence-electron chi connectivity index (χ0n) is 13.3. The molecule has 1 saturated carbocycles. The van der Waals surface area contributed by atoms with E-state index in [0.29, 0.717) is 24.7 Å². The molecule has 0 spiro atoms. The average Bonchev–Trinajstić information content (AvgIpc) is 3.21. The zero-order chi connectivity index (χ0) is 14.7. The Morgan fingerprint density at radius 1 is 1.25 bits per heavy atom. The van der Waals surface area contributed by atoms with Gasteiger partial charge in [0.15, 0.2) is 0 Å². The van der Waals surface area contributed by atoms with Crippen molar-refractivity contribution in [3.05, 3.63) is 0 Å². The lowest BCUT2D eigenvalue weighted by atomic mass is 10.1. The fraction of sp³-hybridized carbons (Fsp3) is 0.933. The molecule has 0 aromatic heterocycles. The van der Waals surface area contributed by atoms with E-state index in [9.17, 15) is 4.79 Å². The van der Waals surface area contributed by atoms with Crippen molar-refractivity contribution in [1.82, 2.24) is 14.7 Å². The Bertz CT molecular complexity index is 321. The van der Waals surface area contributed by atoms with E-state index in [1.807, 2.05) is 4.90 Å². The van der Waals surface area contributed by atoms with Gasteiger partial charge < -0.3 is 9.64 Å². The number of amides is 1. The minimum Gasteiger partial charge on any atom is -0.383 e. The highest BCUT2D eigenvalue weighted by molar-refractivity contribution is 5.78. The molecule has 1 amide bonds. The van der Waals surface area contributed by atoms with Crippen molar-refractivity contribution in [3.8, 4) is 0 Å². The molecule has 2 unspecified atom stereocenters. The molecule has 0 N–H and O–H groups in total. The lowest BCUT2D eigenvalue weighted by molar-refractivity contribution is -0.136. The predicted molar refractivity (Wildman–Crippen MR) is 79.7 cm³/mol. The highest BCUT2D eigenvalue weighted by Crippen LogP contribution is 2.25. The summed E-state index contributed by atoms with van der Waals surface area (Å²) in [5, 5.41) is 0. The zero-order valence-corrected chi connectivity index (χ0v) is 13.3. The average molecular weight is 283 g/mol. The molecule has 2 aliphatic rings. The molecule has 1 aliphatic heterocycles. The van der Waals surface area contributed by atoms with Crippen molar-refractivity contribution in [2.75, 3.05) is 46.9 Å². The van der Waals surface area contributed by atoms with Gasteiger partial charge in [-0.1, -0.05) is 0 Å². The van der Waals surface area contributed by atoms with E-state index >= 15 is 0 Å². The van der Waals surface area contributed by atoms with Crippen LogP contribution in [0.15, 0.2) is 0 Å². The molecule has 2 atom stereocenters. The molecule has 0 aromatic rings. The number of rotatable bonds is 6. The Morgan fingerprint density at radius 2 is 1.85 bits per heavy atom. The number of carbonyl (C=O) groups excluding carboxylic acids is 1. The van der Waals surface area contributed by atoms with Crippen molar-refractivity contribution in [1.29, 1.82) is 0 Å². The van der Waals surface area contributed by atoms with Crippen molar-refractivity contribution in [2.24, 2.45) is 0 Å². The van der Waals surface area contributed by atoms with Crippen molar-refractivity contribution in [2.45, 2.75) is 44.8 Å². The van der Waals surface area contributed by atoms with Crippen LogP contribution in [0.25, 0.3) is 0 Å². The van der Waals surface area contributed by atoms with Gasteiger partial charge in [-0.25, -0.2) is 0 Å². The normalized spacial score (nSPS) is 28.1. The Balaban J connectivity index is 1.83. The number of ether oxygens (including phenoxy) is 1. The van der Waals surface area contributed by atoms with Gasteiger partial charge >= 0.3 is 0 Å². The lowest BCUT2D eigenvalue weighted by Gasteiger charge is -2.44. The fourth-order valence-electron chi connectivity index (χ4n) is 3.16. The molecule has 0 aromatic carbocycles. The van der Waals surface area contributed by atoms with Crippen LogP contribution in [0.5, 0.6) is 0 Å². The van der Waals surface area contributed by atoms with E-state index in [1.54, 1.807) is 7.11 Å². The largest absolute Gasteiger partial charge is 0.383 e. The Labute approximate surface area is 122 Å². The molecule has 2 rings (SSSR count). The van der Waals surface area contributed by atoms with Crippen molar-refractivity contribution >= 4 is 5.91 Å². The van der Waals surface area contributed by atoms with Crippen LogP contribution in [0, 0.1) is 0 Å². The Kier molecular flexibility index (Phi) is 5.41. The van der Waals surface area contributed by atoms with Crippen LogP contribution in [0.1, 0.15) is 26.7 Å². The summed E-state index contributed by atoms with van der Waals surface area (Å²) in [5.41, 5.74) is 0. The molecular formula is C15H29N3O2. The van der Waals surface area contributed by atoms with E-state index in [-0.39, 0.29) is 5.91 Å². The summed E-state index contributed by atoms with van der Waals surface area (Å²) in [6, 6.07) is 1.46. The third-order valence-electron chi connectivity index (χ3n) is 4.56. The molecule has 116 valence electrons. The number of nitrogens with zero attached hydrogens (tertiary/aromatic N) is 3. The number of likely N-dealkylation sites (N-methyl/N-ethyl adjacent to an activating group) is 1. The quantitative estimate of drug-likeness (QED) is 0.717. The van der Waals surface area contributed by atoms with Gasteiger partial charge in [-0.2, -0.15) is 0 Å². The topological polar surface area (TPSA) is 36.0 Å². The third kappa shape index (κ3) is 3.93. The Hall–Kier alpha value is -0.650. The number of hydrogen-bond acceptors (Lipinski definition) is 4. The first-order valence-electron chi connectivity index (χ1n) is 7.75. The number of hydrogen-bond donors (Lipinski definition) is 0. The van der Waals surface area contributed by atoms with Crippen LogP contribution in [0.3, 0.4) is 0 Å². The molecular weight excluding hydrogens is 254 g/mol. The van der Waals surface area contributed by atoms with Gasteiger partial charge in [0.25, 0.3) is 0 Å². The molecule has 20 heavy (non-hydrogen) atoms. The molecule has 5 nitrogen and oxygen atoms in total. The van der Waals surface area contributed by atoms with Gasteiger partial charge in [0.05, 0.1) is 13.2 Å². The summed E-state index contributed by atoms with van der Waals surface area (Å²) < 4.78 is 5.17. The molecule has 0 bridgehead atoms. The summed E-state index contributed by atoms with van der Waals surface area (Å²) in [4.78, 5) is 19.1. The number of carbonyl (C=O) groups is 1. The summed E-state index contributed by atoms with van der Waals surface area (Å²) in [7, 11) is 3.81. The van der Waals surface area contributed by atoms with Crippen LogP contribution >= 0.6 is 0 Å². The van der Waals surface area contributed by atoms with Gasteiger partial charge in [0, 0.05) is 44.9 Å². The van der Waals surface area contributed by atoms with Gasteiger partial charge in [-0.15, -0.1) is 0 Å². The standard InChI is InChI=1S/C15H29N3O2/c1-12-9-17(10-13(2)18(12)7-8-20-4)15(19)11-16(3)14-5-6-14/h12-14H,5-11H2,1-4H3. The van der Waals surface area contributed by atoms with E-state index in [1.165, 1.54) is 12.8 Å². The minimum atomic E-state index is 0.282. The monoisotopic (exact) mass is 283 g/mol. The predicted octanol–water partition coefficient (Wildman–Crippen LogP) is 0.648. The third-order valence-corrected chi connectivity index (χ3v) is 4.56. The van der Waals surface area contributed by atoms with E-state index in [2.05, 4.69) is 30.7 Å². The maximum absolute atomic E-state index is 12.4. The maximum Gasteiger partial charge on any atom is 0.236 e. The van der Waals surface area contributed by atoms with Crippen molar-refractivity contribution < 1.29 is 9.53 Å². The molecule has 0 radical (unpaired) electrons. The van der Waals surface area contributed by atoms with Crippen LogP contribution in [0.2, 0.25) is 0 Å². The molecule has 1 saturated heterocycles. The van der Waals surface area contributed by atoms with Gasteiger partial charge in [-0.3, -0.25) is 14.6 Å². The minimum absolute atomic E-state index is 0.282. The van der Waals surface area contributed by atoms with Gasteiger partial charge in [0.2, 0.25) is 5.91 Å². The van der Waals surface area contributed by atoms with Gasteiger partial charge in [-0.05, 0) is 33.7 Å². The first-order chi connectivity index (χ1) is 9.52. The van der Waals surface area contributed by atoms with E-state index in [4.69, 9.17) is 4.74 Å². The second-order valence-electron chi connectivity index (χ2n) is 6.37. The van der Waals surface area contributed by atoms with Crippen LogP contribution in [-0.4, -0.2) is 85.7 Å². The summed E-state index contributed by atoms with van der Waals surface area (Å²) in [6.45, 7) is 8.36. The van der Waals surface area contributed by atoms with E-state index < -0.39 is 0 Å². The smallest absolute Gasteiger partial charge is 0.236 e. The number of methoxy groups -OCH3 is 1. The highest BCUT2D eigenvalue weighted by atomic mass is 16.5. The maximum atomic E-state index is 12.4. The molecule has 5 heteroatoms. The summed E-state index contributed by atoms with van der Waals surface area (Å²) >= 11 is 0. The second-order valence-corrected chi connectivity index (χ2v) is 6.37. The first-order valence-corrected chi connectivity index (χ1v) is 7.75. The molecule has 1 heterocycles. The van der Waals surface area contributed by atoms with Crippen LogP contribution in [0.4, 0.5) is 0 Å². The summed E-state index contributed by atoms with van der Waals surface area (Å²) in [6.07, 6.45) is 2.50. The van der Waals surface area contributed by atoms with E-state index in [0.717, 1.165) is 26.2 Å². The van der Waals surface area contributed by atoms with Crippen LogP contribution < -0.4 is 0 Å². The highest BCUT2D eigenvalue weighted by Gasteiger charge is 2.33. The van der Waals surface area contributed by atoms with Gasteiger partial charge in [0.1, 0.15) is 0 Å². The lowest BCUT2D eigenvalue weighted by Crippen LogP contribution is -2.59. The number of piperazine rings is 1. The SMILES string of the molecule is COCCN1C(C)CN(C(=O)CN(C)C2CC2)CC1C. The van der Waals surface area contributed by atoms with Crippen LogP contribution in [-0.2, 0) is 9.53 Å². The molecule has 2 fully saturated rings. The fourth-order valence-corrected chi connectivity index (χ4v) is 3.16. The summed E-state index contributed by atoms with van der Waals surface area (Å²) in [5.74, 6) is 0.282. The first kappa shape index (κ1) is 15.7. The molecule has 1 aliphatic carbocycles. The van der Waals surface area contributed by atoms with Crippen molar-refractivity contribution in [3.63, 3.8) is 0 Å².